The van der Waals surface area contributed by atoms with Gasteiger partial charge in [-0.2, -0.15) is 0 Å². The molecule has 38 heavy (non-hydrogen) atoms. The number of fused-ring (bicyclic) bond motifs is 9. The standard InChI is InChI=1S/C33H30Br2O3/c1-3-5-15-36-23-9-13-27-31(19-23)38-32-20-24(37-16-6-4-2)10-14-28(32)33(27)29-17-21(34)7-11-25(29)26-12-8-22(35)18-30(26)33/h7-14,17-20H,3-6,15-16H2,1-2H3. The molecule has 0 fully saturated rings. The largest absolute Gasteiger partial charge is 0.493 e. The van der Waals surface area contributed by atoms with Crippen LogP contribution in [-0.2, 0) is 5.41 Å². The number of rotatable bonds is 8. The Hall–Kier alpha value is -2.76. The van der Waals surface area contributed by atoms with Crippen molar-refractivity contribution < 1.29 is 14.2 Å². The fourth-order valence-corrected chi connectivity index (χ4v) is 6.48. The third-order valence-electron chi connectivity index (χ3n) is 7.53. The number of unbranched alkanes of at least 4 members (excludes halogenated alkanes) is 2. The summed E-state index contributed by atoms with van der Waals surface area (Å²) in [4.78, 5) is 0. The SMILES string of the molecule is CCCCOc1ccc2c(c1)Oc1cc(OCCCC)ccc1C21c2cc(Br)ccc2-c2ccc(Br)cc21. The number of ether oxygens (including phenoxy) is 3. The van der Waals surface area contributed by atoms with Crippen LogP contribution in [0.3, 0.4) is 0 Å². The molecule has 194 valence electrons. The van der Waals surface area contributed by atoms with E-state index in [-0.39, 0.29) is 0 Å². The van der Waals surface area contributed by atoms with Crippen LogP contribution in [0, 0.1) is 0 Å². The molecule has 0 saturated heterocycles. The van der Waals surface area contributed by atoms with Crippen molar-refractivity contribution in [2.24, 2.45) is 0 Å². The fraction of sp³-hybridized carbons (Fsp3) is 0.273. The van der Waals surface area contributed by atoms with Gasteiger partial charge in [-0.05, 0) is 71.5 Å². The average Bonchev–Trinajstić information content (AvgIpc) is 3.18. The Morgan fingerprint density at radius 2 is 1.08 bits per heavy atom. The molecule has 0 saturated carbocycles. The van der Waals surface area contributed by atoms with E-state index in [1.165, 1.54) is 22.3 Å². The van der Waals surface area contributed by atoms with Gasteiger partial charge in [-0.25, -0.2) is 0 Å². The van der Waals surface area contributed by atoms with E-state index in [0.29, 0.717) is 13.2 Å². The minimum Gasteiger partial charge on any atom is -0.493 e. The van der Waals surface area contributed by atoms with Gasteiger partial charge in [0.25, 0.3) is 0 Å². The molecule has 1 heterocycles. The Morgan fingerprint density at radius 1 is 0.605 bits per heavy atom. The third kappa shape index (κ3) is 4.15. The van der Waals surface area contributed by atoms with Crippen LogP contribution in [0.4, 0.5) is 0 Å². The molecule has 0 atom stereocenters. The summed E-state index contributed by atoms with van der Waals surface area (Å²) in [7, 11) is 0. The highest BCUT2D eigenvalue weighted by Gasteiger charge is 2.51. The van der Waals surface area contributed by atoms with Crippen LogP contribution in [0.15, 0.2) is 81.7 Å². The predicted molar refractivity (Wildman–Crippen MR) is 160 cm³/mol. The molecule has 6 rings (SSSR count). The van der Waals surface area contributed by atoms with E-state index in [9.17, 15) is 0 Å². The van der Waals surface area contributed by atoms with E-state index in [1.807, 2.05) is 12.1 Å². The maximum Gasteiger partial charge on any atom is 0.135 e. The van der Waals surface area contributed by atoms with Gasteiger partial charge in [-0.15, -0.1) is 0 Å². The minimum absolute atomic E-state index is 0.537. The van der Waals surface area contributed by atoms with Gasteiger partial charge in [0, 0.05) is 32.2 Å². The Morgan fingerprint density at radius 3 is 1.53 bits per heavy atom. The molecule has 1 spiro atoms. The predicted octanol–water partition coefficient (Wildman–Crippen LogP) is 10.0. The first-order valence-corrected chi connectivity index (χ1v) is 15.0. The van der Waals surface area contributed by atoms with Gasteiger partial charge in [-0.3, -0.25) is 0 Å². The summed E-state index contributed by atoms with van der Waals surface area (Å²) < 4.78 is 21.0. The summed E-state index contributed by atoms with van der Waals surface area (Å²) in [5, 5.41) is 0. The van der Waals surface area contributed by atoms with Crippen molar-refractivity contribution in [3.05, 3.63) is 104 Å². The second kappa shape index (κ2) is 10.4. The summed E-state index contributed by atoms with van der Waals surface area (Å²) in [6, 6.07) is 25.9. The lowest BCUT2D eigenvalue weighted by molar-refractivity contribution is 0.304. The van der Waals surface area contributed by atoms with Crippen molar-refractivity contribution in [1.82, 2.24) is 0 Å². The second-order valence-corrected chi connectivity index (χ2v) is 11.8. The van der Waals surface area contributed by atoms with Crippen LogP contribution >= 0.6 is 31.9 Å². The van der Waals surface area contributed by atoms with Crippen LogP contribution in [-0.4, -0.2) is 13.2 Å². The molecule has 1 aliphatic carbocycles. The first-order valence-electron chi connectivity index (χ1n) is 13.4. The monoisotopic (exact) mass is 632 g/mol. The molecule has 0 bridgehead atoms. The zero-order valence-corrected chi connectivity index (χ0v) is 24.8. The Labute approximate surface area is 241 Å². The Kier molecular flexibility index (Phi) is 7.00. The van der Waals surface area contributed by atoms with Gasteiger partial charge in [0.05, 0.1) is 18.6 Å². The highest BCUT2D eigenvalue weighted by molar-refractivity contribution is 9.10. The van der Waals surface area contributed by atoms with E-state index in [4.69, 9.17) is 14.2 Å². The molecular formula is C33H30Br2O3. The summed E-state index contributed by atoms with van der Waals surface area (Å²) >= 11 is 7.53. The molecular weight excluding hydrogens is 604 g/mol. The number of benzene rings is 4. The lowest BCUT2D eigenvalue weighted by Gasteiger charge is -2.39. The molecule has 0 radical (unpaired) electrons. The van der Waals surface area contributed by atoms with E-state index in [2.05, 4.69) is 106 Å². The first-order chi connectivity index (χ1) is 18.6. The number of halogens is 2. The smallest absolute Gasteiger partial charge is 0.135 e. The number of hydrogen-bond donors (Lipinski definition) is 0. The van der Waals surface area contributed by atoms with Crippen LogP contribution in [0.1, 0.15) is 61.8 Å². The zero-order chi connectivity index (χ0) is 26.3. The van der Waals surface area contributed by atoms with Crippen LogP contribution in [0.25, 0.3) is 11.1 Å². The fourth-order valence-electron chi connectivity index (χ4n) is 5.75. The maximum absolute atomic E-state index is 6.67. The van der Waals surface area contributed by atoms with E-state index in [1.54, 1.807) is 0 Å². The van der Waals surface area contributed by atoms with Crippen LogP contribution < -0.4 is 14.2 Å². The van der Waals surface area contributed by atoms with E-state index in [0.717, 1.165) is 68.8 Å². The molecule has 4 aromatic carbocycles. The average molecular weight is 634 g/mol. The summed E-state index contributed by atoms with van der Waals surface area (Å²) in [6.45, 7) is 5.73. The molecule has 5 heteroatoms. The molecule has 0 N–H and O–H groups in total. The Balaban J connectivity index is 1.61. The van der Waals surface area contributed by atoms with E-state index >= 15 is 0 Å². The molecule has 0 amide bonds. The molecule has 1 aliphatic heterocycles. The van der Waals surface area contributed by atoms with Gasteiger partial charge < -0.3 is 14.2 Å². The third-order valence-corrected chi connectivity index (χ3v) is 8.52. The van der Waals surface area contributed by atoms with Gasteiger partial charge in [0.2, 0.25) is 0 Å². The topological polar surface area (TPSA) is 27.7 Å². The minimum atomic E-state index is -0.537. The van der Waals surface area contributed by atoms with Crippen molar-refractivity contribution in [3.8, 4) is 34.1 Å². The molecule has 4 aromatic rings. The first kappa shape index (κ1) is 25.5. The highest BCUT2D eigenvalue weighted by Crippen LogP contribution is 2.63. The lowest BCUT2D eigenvalue weighted by Crippen LogP contribution is -2.32. The number of hydrogen-bond acceptors (Lipinski definition) is 3. The summed E-state index contributed by atoms with van der Waals surface area (Å²) in [5.74, 6) is 3.29. The van der Waals surface area contributed by atoms with Gasteiger partial charge >= 0.3 is 0 Å². The second-order valence-electron chi connectivity index (χ2n) is 9.95. The quantitative estimate of drug-likeness (QED) is 0.156. The summed E-state index contributed by atoms with van der Waals surface area (Å²) in [5.41, 5.74) is 6.65. The molecule has 3 nitrogen and oxygen atoms in total. The lowest BCUT2D eigenvalue weighted by atomic mass is 9.66. The Bertz CT molecular complexity index is 1400. The molecule has 0 unspecified atom stereocenters. The van der Waals surface area contributed by atoms with Crippen molar-refractivity contribution in [3.63, 3.8) is 0 Å². The summed E-state index contributed by atoms with van der Waals surface area (Å²) in [6.07, 6.45) is 4.23. The normalized spacial score (nSPS) is 13.8. The van der Waals surface area contributed by atoms with Crippen molar-refractivity contribution in [1.29, 1.82) is 0 Å². The maximum atomic E-state index is 6.67. The van der Waals surface area contributed by atoms with Crippen molar-refractivity contribution >= 4 is 31.9 Å². The van der Waals surface area contributed by atoms with Crippen molar-refractivity contribution in [2.45, 2.75) is 44.9 Å². The molecule has 2 aliphatic rings. The zero-order valence-electron chi connectivity index (χ0n) is 21.7. The van der Waals surface area contributed by atoms with Gasteiger partial charge in [-0.1, -0.05) is 82.8 Å². The van der Waals surface area contributed by atoms with Gasteiger partial charge in [0.1, 0.15) is 23.0 Å². The van der Waals surface area contributed by atoms with Crippen molar-refractivity contribution in [2.75, 3.05) is 13.2 Å². The van der Waals surface area contributed by atoms with Crippen LogP contribution in [0.2, 0.25) is 0 Å². The van der Waals surface area contributed by atoms with Crippen LogP contribution in [0.5, 0.6) is 23.0 Å². The van der Waals surface area contributed by atoms with E-state index < -0.39 is 5.41 Å². The highest BCUT2D eigenvalue weighted by atomic mass is 79.9. The molecule has 0 aromatic heterocycles. The van der Waals surface area contributed by atoms with Gasteiger partial charge in [0.15, 0.2) is 0 Å².